The first-order valence-electron chi connectivity index (χ1n) is 3.86. The second kappa shape index (κ2) is 4.33. The van der Waals surface area contributed by atoms with Gasteiger partial charge in [-0.25, -0.2) is 4.79 Å². The van der Waals surface area contributed by atoms with Crippen molar-refractivity contribution in [1.82, 2.24) is 4.98 Å². The third-order valence-electron chi connectivity index (χ3n) is 1.22. The van der Waals surface area contributed by atoms with Gasteiger partial charge in [-0.1, -0.05) is 0 Å². The van der Waals surface area contributed by atoms with Crippen LogP contribution in [0.1, 0.15) is 31.3 Å². The van der Waals surface area contributed by atoms with E-state index in [4.69, 9.17) is 4.74 Å². The molecule has 1 heterocycles. The van der Waals surface area contributed by atoms with Gasteiger partial charge in [0.25, 0.3) is 0 Å². The van der Waals surface area contributed by atoms with Crippen LogP contribution in [-0.4, -0.2) is 16.6 Å². The van der Waals surface area contributed by atoms with Gasteiger partial charge in [-0.2, -0.15) is 0 Å². The molecule has 1 rings (SSSR count). The molecular formula is C9H14ClNO2. The minimum Gasteiger partial charge on any atom is -0.455 e. The quantitative estimate of drug-likeness (QED) is 0.713. The summed E-state index contributed by atoms with van der Waals surface area (Å²) in [7, 11) is 0. The number of hydrogen-bond acceptors (Lipinski definition) is 2. The number of aromatic nitrogens is 1. The molecule has 13 heavy (non-hydrogen) atoms. The molecule has 0 aliphatic carbocycles. The summed E-state index contributed by atoms with van der Waals surface area (Å²) in [5.41, 5.74) is 0.0623. The van der Waals surface area contributed by atoms with E-state index in [-0.39, 0.29) is 18.4 Å². The van der Waals surface area contributed by atoms with Crippen LogP contribution in [0.3, 0.4) is 0 Å². The molecule has 0 unspecified atom stereocenters. The predicted molar refractivity (Wildman–Crippen MR) is 53.2 cm³/mol. The number of H-pyrrole nitrogens is 1. The van der Waals surface area contributed by atoms with Crippen molar-refractivity contribution in [1.29, 1.82) is 0 Å². The van der Waals surface area contributed by atoms with E-state index >= 15 is 0 Å². The summed E-state index contributed by atoms with van der Waals surface area (Å²) >= 11 is 0. The monoisotopic (exact) mass is 203 g/mol. The SMILES string of the molecule is CC(C)(C)OC(=O)c1ccc[nH]1.Cl. The fourth-order valence-electron chi connectivity index (χ4n) is 0.790. The highest BCUT2D eigenvalue weighted by Crippen LogP contribution is 2.10. The lowest BCUT2D eigenvalue weighted by molar-refractivity contribution is 0.00636. The molecule has 0 amide bonds. The molecule has 0 aromatic carbocycles. The molecular weight excluding hydrogens is 190 g/mol. The van der Waals surface area contributed by atoms with Gasteiger partial charge in [0.15, 0.2) is 0 Å². The minimum atomic E-state index is -0.428. The van der Waals surface area contributed by atoms with Crippen LogP contribution in [0.2, 0.25) is 0 Å². The Morgan fingerprint density at radius 2 is 2.08 bits per heavy atom. The lowest BCUT2D eigenvalue weighted by Crippen LogP contribution is -2.23. The average Bonchev–Trinajstić information content (AvgIpc) is 2.32. The number of ether oxygens (including phenoxy) is 1. The first-order valence-corrected chi connectivity index (χ1v) is 3.86. The number of nitrogens with one attached hydrogen (secondary N) is 1. The van der Waals surface area contributed by atoms with Gasteiger partial charge < -0.3 is 9.72 Å². The largest absolute Gasteiger partial charge is 0.455 e. The van der Waals surface area contributed by atoms with Crippen LogP contribution in [0.4, 0.5) is 0 Å². The van der Waals surface area contributed by atoms with Gasteiger partial charge >= 0.3 is 5.97 Å². The molecule has 0 fully saturated rings. The second-order valence-corrected chi connectivity index (χ2v) is 3.59. The van der Waals surface area contributed by atoms with E-state index in [1.165, 1.54) is 0 Å². The third kappa shape index (κ3) is 3.99. The van der Waals surface area contributed by atoms with Gasteiger partial charge in [-0.15, -0.1) is 12.4 Å². The molecule has 4 heteroatoms. The molecule has 0 saturated carbocycles. The van der Waals surface area contributed by atoms with Crippen LogP contribution in [-0.2, 0) is 4.74 Å². The van der Waals surface area contributed by atoms with Crippen molar-refractivity contribution in [3.8, 4) is 0 Å². The summed E-state index contributed by atoms with van der Waals surface area (Å²) in [6, 6.07) is 3.45. The number of rotatable bonds is 1. The number of carbonyl (C=O) groups is 1. The fraction of sp³-hybridized carbons (Fsp3) is 0.444. The summed E-state index contributed by atoms with van der Waals surface area (Å²) in [6.07, 6.45) is 1.69. The molecule has 1 N–H and O–H groups in total. The Kier molecular flexibility index (Phi) is 4.01. The van der Waals surface area contributed by atoms with Crippen LogP contribution in [0.15, 0.2) is 18.3 Å². The maximum Gasteiger partial charge on any atom is 0.355 e. The Balaban J connectivity index is 0.00000144. The molecule has 74 valence electrons. The predicted octanol–water partition coefficient (Wildman–Crippen LogP) is 2.39. The zero-order chi connectivity index (χ0) is 9.19. The first-order chi connectivity index (χ1) is 5.49. The van der Waals surface area contributed by atoms with E-state index in [1.807, 2.05) is 20.8 Å². The van der Waals surface area contributed by atoms with Gasteiger partial charge in [0.2, 0.25) is 0 Å². The molecule has 0 spiro atoms. The van der Waals surface area contributed by atoms with Crippen LogP contribution in [0.5, 0.6) is 0 Å². The normalized spacial score (nSPS) is 10.4. The fourth-order valence-corrected chi connectivity index (χ4v) is 0.790. The number of carbonyl (C=O) groups excluding carboxylic acids is 1. The van der Waals surface area contributed by atoms with Gasteiger partial charge in [0, 0.05) is 6.20 Å². The number of halogens is 1. The van der Waals surface area contributed by atoms with E-state index < -0.39 is 5.60 Å². The van der Waals surface area contributed by atoms with E-state index in [0.717, 1.165) is 0 Å². The molecule has 0 atom stereocenters. The zero-order valence-electron chi connectivity index (χ0n) is 7.96. The Labute approximate surface area is 83.9 Å². The highest BCUT2D eigenvalue weighted by molar-refractivity contribution is 5.87. The Morgan fingerprint density at radius 1 is 1.46 bits per heavy atom. The molecule has 0 saturated heterocycles. The van der Waals surface area contributed by atoms with Crippen molar-refractivity contribution in [3.05, 3.63) is 24.0 Å². The molecule has 3 nitrogen and oxygen atoms in total. The summed E-state index contributed by atoms with van der Waals surface area (Å²) in [5.74, 6) is -0.312. The van der Waals surface area contributed by atoms with Crippen molar-refractivity contribution in [2.24, 2.45) is 0 Å². The van der Waals surface area contributed by atoms with Crippen molar-refractivity contribution in [2.75, 3.05) is 0 Å². The Morgan fingerprint density at radius 3 is 2.46 bits per heavy atom. The Hall–Kier alpha value is -0.960. The van der Waals surface area contributed by atoms with Crippen LogP contribution in [0, 0.1) is 0 Å². The lowest BCUT2D eigenvalue weighted by Gasteiger charge is -2.18. The van der Waals surface area contributed by atoms with Crippen LogP contribution < -0.4 is 0 Å². The van der Waals surface area contributed by atoms with Crippen molar-refractivity contribution in [3.63, 3.8) is 0 Å². The molecule has 0 aliphatic rings. The van der Waals surface area contributed by atoms with Crippen molar-refractivity contribution in [2.45, 2.75) is 26.4 Å². The van der Waals surface area contributed by atoms with E-state index in [1.54, 1.807) is 18.3 Å². The molecule has 1 aromatic rings. The van der Waals surface area contributed by atoms with E-state index in [2.05, 4.69) is 4.98 Å². The topological polar surface area (TPSA) is 42.1 Å². The summed E-state index contributed by atoms with van der Waals surface area (Å²) in [4.78, 5) is 14.1. The number of aromatic amines is 1. The highest BCUT2D eigenvalue weighted by atomic mass is 35.5. The summed E-state index contributed by atoms with van der Waals surface area (Å²) < 4.78 is 5.11. The number of esters is 1. The molecule has 0 radical (unpaired) electrons. The van der Waals surface area contributed by atoms with Crippen molar-refractivity contribution >= 4 is 18.4 Å². The van der Waals surface area contributed by atoms with E-state index in [9.17, 15) is 4.79 Å². The van der Waals surface area contributed by atoms with Gasteiger partial charge in [-0.3, -0.25) is 0 Å². The first kappa shape index (κ1) is 12.0. The smallest absolute Gasteiger partial charge is 0.355 e. The molecule has 0 bridgehead atoms. The van der Waals surface area contributed by atoms with Gasteiger partial charge in [-0.05, 0) is 32.9 Å². The maximum absolute atomic E-state index is 11.3. The summed E-state index contributed by atoms with van der Waals surface area (Å²) in [5, 5.41) is 0. The van der Waals surface area contributed by atoms with Crippen molar-refractivity contribution < 1.29 is 9.53 Å². The van der Waals surface area contributed by atoms with Gasteiger partial charge in [0.05, 0.1) is 0 Å². The maximum atomic E-state index is 11.3. The molecule has 0 aliphatic heterocycles. The average molecular weight is 204 g/mol. The lowest BCUT2D eigenvalue weighted by atomic mass is 10.2. The summed E-state index contributed by atoms with van der Waals surface area (Å²) in [6.45, 7) is 5.52. The standard InChI is InChI=1S/C9H13NO2.ClH/c1-9(2,3)12-8(11)7-5-4-6-10-7;/h4-6,10H,1-3H3;1H. The van der Waals surface area contributed by atoms with Gasteiger partial charge in [0.1, 0.15) is 11.3 Å². The van der Waals surface area contributed by atoms with Crippen LogP contribution in [0.25, 0.3) is 0 Å². The van der Waals surface area contributed by atoms with Crippen LogP contribution >= 0.6 is 12.4 Å². The molecule has 1 aromatic heterocycles. The Bertz CT molecular complexity index is 262. The number of hydrogen-bond donors (Lipinski definition) is 1. The zero-order valence-corrected chi connectivity index (χ0v) is 8.77. The minimum absolute atomic E-state index is 0. The second-order valence-electron chi connectivity index (χ2n) is 3.59. The van der Waals surface area contributed by atoms with E-state index in [0.29, 0.717) is 5.69 Å². The highest BCUT2D eigenvalue weighted by Gasteiger charge is 2.17. The third-order valence-corrected chi connectivity index (χ3v) is 1.22.